The Kier molecular flexibility index (Phi) is 73.5. The Morgan fingerprint density at radius 2 is 0.547 bits per heavy atom. The molecular formula is C87H142O17P2. The van der Waals surface area contributed by atoms with Crippen molar-refractivity contribution in [2.45, 2.75) is 316 Å². The molecule has 0 radical (unpaired) electrons. The fourth-order valence-corrected chi connectivity index (χ4v) is 11.7. The van der Waals surface area contributed by atoms with E-state index in [1.54, 1.807) is 6.08 Å². The monoisotopic (exact) mass is 1520 g/mol. The first-order chi connectivity index (χ1) is 51.7. The SMILES string of the molecule is CC/C=C\C/C=C\C/C=C\C/C=C\C/C=C\CC(=O)OCC(COP(=O)(O)OCC(O)COP(=O)(O)OCC(COC(=O)CCCCCCCC/C=C\C/C=C\C/C=C\C/C=C\CC)OC(=O)CCCCCCCC/C=C\C/C=C\C/C=C\CCCCC)OC(=O)CCCCCCC/C=C\C/C=C\CCC. The van der Waals surface area contributed by atoms with Crippen molar-refractivity contribution in [2.24, 2.45) is 0 Å². The molecule has 0 aliphatic rings. The van der Waals surface area contributed by atoms with Gasteiger partial charge in [-0.2, -0.15) is 0 Å². The lowest BCUT2D eigenvalue weighted by Gasteiger charge is -2.21. The van der Waals surface area contributed by atoms with Crippen molar-refractivity contribution >= 4 is 39.5 Å². The molecule has 0 saturated carbocycles. The van der Waals surface area contributed by atoms with E-state index in [2.05, 4.69) is 174 Å². The summed E-state index contributed by atoms with van der Waals surface area (Å²) in [5.41, 5.74) is 0. The van der Waals surface area contributed by atoms with Crippen molar-refractivity contribution in [3.8, 4) is 0 Å². The van der Waals surface area contributed by atoms with Gasteiger partial charge in [0, 0.05) is 19.3 Å². The van der Waals surface area contributed by atoms with E-state index in [1.807, 2.05) is 18.2 Å². The highest BCUT2D eigenvalue weighted by Crippen LogP contribution is 2.45. The van der Waals surface area contributed by atoms with E-state index in [1.165, 1.54) is 19.3 Å². The van der Waals surface area contributed by atoms with Gasteiger partial charge in [0.1, 0.15) is 19.3 Å². The number of rotatable bonds is 74. The number of unbranched alkanes of at least 4 members (excludes halogenated alkanes) is 21. The molecule has 0 aromatic rings. The molecule has 0 bridgehead atoms. The molecule has 602 valence electrons. The largest absolute Gasteiger partial charge is 0.472 e. The summed E-state index contributed by atoms with van der Waals surface area (Å²) in [6.45, 7) is 4.38. The molecule has 0 spiro atoms. The summed E-state index contributed by atoms with van der Waals surface area (Å²) in [5.74, 6) is -2.38. The second kappa shape index (κ2) is 77.6. The van der Waals surface area contributed by atoms with Crippen LogP contribution in [0.4, 0.5) is 0 Å². The number of ether oxygens (including phenoxy) is 4. The topological polar surface area (TPSA) is 237 Å². The molecule has 5 atom stereocenters. The molecule has 0 aromatic carbocycles. The van der Waals surface area contributed by atoms with Gasteiger partial charge in [-0.3, -0.25) is 37.3 Å². The molecule has 0 saturated heterocycles. The van der Waals surface area contributed by atoms with Crippen LogP contribution in [0.15, 0.2) is 170 Å². The van der Waals surface area contributed by atoms with E-state index < -0.39 is 97.5 Å². The van der Waals surface area contributed by atoms with Crippen molar-refractivity contribution in [1.29, 1.82) is 0 Å². The number of hydrogen-bond donors (Lipinski definition) is 3. The Balaban J connectivity index is 5.46. The van der Waals surface area contributed by atoms with Gasteiger partial charge in [-0.1, -0.05) is 288 Å². The first-order valence-electron chi connectivity index (χ1n) is 40.4. The van der Waals surface area contributed by atoms with E-state index in [0.29, 0.717) is 25.7 Å². The van der Waals surface area contributed by atoms with Gasteiger partial charge in [-0.05, 0) is 154 Å². The molecule has 106 heavy (non-hydrogen) atoms. The van der Waals surface area contributed by atoms with Gasteiger partial charge in [0.25, 0.3) is 0 Å². The van der Waals surface area contributed by atoms with E-state index in [0.717, 1.165) is 199 Å². The summed E-state index contributed by atoms with van der Waals surface area (Å²) >= 11 is 0. The molecule has 19 heteroatoms. The molecule has 0 aromatic heterocycles. The number of carbonyl (C=O) groups is 4. The van der Waals surface area contributed by atoms with Crippen LogP contribution in [-0.4, -0.2) is 96.7 Å². The standard InChI is InChI=1S/C87H142O17P2/c1-5-9-13-17-21-25-29-33-36-38-40-42-45-49-52-56-60-64-68-72-85(90)98-78-83(104-87(92)74-70-66-62-58-54-50-46-43-41-39-37-34-30-26-22-18-14-10-6-2)80-102-106(95,96)100-76-81(88)75-99-105(93,94)101-79-82(103-86(91)73-69-65-61-57-53-47-32-28-24-20-16-12-8-4)77-97-84(89)71-67-63-59-55-51-48-44-35-31-27-23-19-15-11-7-3/h9,11,13,15-16,20-23,25-28,32-37,40-44,51,55,63,67,81-83,88H,5-8,10,12,14,17-19,24,29-31,38-39,45-50,52-54,56-62,64-66,68-80H2,1-4H3,(H,93,94)(H,95,96)/b13-9-,15-11-,20-16-,25-21-,26-22-,27-23-,32-28-,36-33-,37-34-,42-40-,43-41-,44-35-,55-51-,67-63-. The van der Waals surface area contributed by atoms with Gasteiger partial charge in [-0.25, -0.2) is 9.13 Å². The lowest BCUT2D eigenvalue weighted by Crippen LogP contribution is -2.30. The molecule has 17 nitrogen and oxygen atoms in total. The van der Waals surface area contributed by atoms with Crippen LogP contribution in [0, 0.1) is 0 Å². The summed E-state index contributed by atoms with van der Waals surface area (Å²) in [6.07, 6.45) is 92.1. The maximum atomic E-state index is 13.1. The third-order valence-electron chi connectivity index (χ3n) is 16.2. The summed E-state index contributed by atoms with van der Waals surface area (Å²) < 4.78 is 68.5. The minimum atomic E-state index is -5.01. The molecule has 0 rings (SSSR count). The Morgan fingerprint density at radius 3 is 0.877 bits per heavy atom. The molecule has 0 fully saturated rings. The Hall–Kier alpha value is -5.58. The molecule has 0 heterocycles. The number of esters is 4. The normalized spacial score (nSPS) is 14.7. The number of allylic oxidation sites excluding steroid dienone is 27. The summed E-state index contributed by atoms with van der Waals surface area (Å²) in [4.78, 5) is 73.0. The number of phosphoric acid groups is 2. The molecule has 0 aliphatic carbocycles. The zero-order chi connectivity index (χ0) is 77.4. The first-order valence-corrected chi connectivity index (χ1v) is 43.4. The van der Waals surface area contributed by atoms with Gasteiger partial charge < -0.3 is 33.8 Å². The number of aliphatic hydroxyl groups excluding tert-OH is 1. The third-order valence-corrected chi connectivity index (χ3v) is 18.1. The summed E-state index contributed by atoms with van der Waals surface area (Å²) in [6, 6.07) is 0. The van der Waals surface area contributed by atoms with Crippen molar-refractivity contribution in [3.63, 3.8) is 0 Å². The number of aliphatic hydroxyl groups is 1. The van der Waals surface area contributed by atoms with Gasteiger partial charge in [0.15, 0.2) is 12.2 Å². The summed E-state index contributed by atoms with van der Waals surface area (Å²) in [7, 11) is -10.0. The quantitative estimate of drug-likeness (QED) is 0.0169. The van der Waals surface area contributed by atoms with Crippen LogP contribution in [0.25, 0.3) is 0 Å². The molecule has 3 N–H and O–H groups in total. The van der Waals surface area contributed by atoms with E-state index in [-0.39, 0.29) is 25.7 Å². The second-order valence-corrected chi connectivity index (χ2v) is 29.2. The van der Waals surface area contributed by atoms with Crippen molar-refractivity contribution in [2.75, 3.05) is 39.6 Å². The zero-order valence-corrected chi connectivity index (χ0v) is 67.6. The van der Waals surface area contributed by atoms with Crippen LogP contribution in [0.1, 0.15) is 297 Å². The van der Waals surface area contributed by atoms with Crippen molar-refractivity contribution in [1.82, 2.24) is 0 Å². The Labute approximate surface area is 642 Å². The average molecular weight is 1520 g/mol. The predicted molar refractivity (Wildman–Crippen MR) is 436 cm³/mol. The highest BCUT2D eigenvalue weighted by atomic mass is 31.2. The number of hydrogen-bond acceptors (Lipinski definition) is 15. The lowest BCUT2D eigenvalue weighted by molar-refractivity contribution is -0.161. The third kappa shape index (κ3) is 76.6. The van der Waals surface area contributed by atoms with E-state index >= 15 is 0 Å². The highest BCUT2D eigenvalue weighted by Gasteiger charge is 2.30. The van der Waals surface area contributed by atoms with Crippen molar-refractivity contribution < 1.29 is 80.2 Å². The van der Waals surface area contributed by atoms with Gasteiger partial charge >= 0.3 is 39.5 Å². The molecular weight excluding hydrogens is 1380 g/mol. The van der Waals surface area contributed by atoms with Crippen LogP contribution in [0.3, 0.4) is 0 Å². The smallest absolute Gasteiger partial charge is 0.462 e. The van der Waals surface area contributed by atoms with Gasteiger partial charge in [0.05, 0.1) is 32.8 Å². The van der Waals surface area contributed by atoms with E-state index in [4.69, 9.17) is 37.0 Å². The maximum Gasteiger partial charge on any atom is 0.472 e. The highest BCUT2D eigenvalue weighted by molar-refractivity contribution is 7.47. The lowest BCUT2D eigenvalue weighted by atomic mass is 10.1. The minimum absolute atomic E-state index is 0.0534. The van der Waals surface area contributed by atoms with Crippen LogP contribution >= 0.6 is 15.6 Å². The predicted octanol–water partition coefficient (Wildman–Crippen LogP) is 23.8. The Bertz CT molecular complexity index is 2680. The van der Waals surface area contributed by atoms with Gasteiger partial charge in [-0.15, -0.1) is 0 Å². The van der Waals surface area contributed by atoms with Crippen LogP contribution in [-0.2, 0) is 65.4 Å². The van der Waals surface area contributed by atoms with Crippen LogP contribution < -0.4 is 0 Å². The van der Waals surface area contributed by atoms with Crippen molar-refractivity contribution in [3.05, 3.63) is 170 Å². The first kappa shape index (κ1) is 100. The van der Waals surface area contributed by atoms with Crippen LogP contribution in [0.2, 0.25) is 0 Å². The number of phosphoric ester groups is 2. The zero-order valence-electron chi connectivity index (χ0n) is 65.8. The molecule has 0 amide bonds. The molecule has 0 aliphatic heterocycles. The second-order valence-electron chi connectivity index (χ2n) is 26.3. The minimum Gasteiger partial charge on any atom is -0.462 e. The van der Waals surface area contributed by atoms with Crippen LogP contribution in [0.5, 0.6) is 0 Å². The number of carbonyl (C=O) groups excluding carboxylic acids is 4. The fraction of sp³-hybridized carbons (Fsp3) is 0.632. The maximum absolute atomic E-state index is 13.1. The summed E-state index contributed by atoms with van der Waals surface area (Å²) in [5, 5.41) is 10.6. The van der Waals surface area contributed by atoms with E-state index in [9.17, 15) is 43.2 Å². The van der Waals surface area contributed by atoms with Gasteiger partial charge in [0.2, 0.25) is 0 Å². The average Bonchev–Trinajstić information content (AvgIpc) is 0.901. The Morgan fingerprint density at radius 1 is 0.283 bits per heavy atom. The fourth-order valence-electron chi connectivity index (χ4n) is 10.1. The molecule has 5 unspecified atom stereocenters.